The Labute approximate surface area is 201 Å². The molecule has 0 unspecified atom stereocenters. The van der Waals surface area contributed by atoms with Crippen LogP contribution < -0.4 is 10.1 Å². The van der Waals surface area contributed by atoms with Gasteiger partial charge in [-0.15, -0.1) is 0 Å². The fourth-order valence-corrected chi connectivity index (χ4v) is 5.30. The van der Waals surface area contributed by atoms with Gasteiger partial charge in [-0.1, -0.05) is 36.4 Å². The summed E-state index contributed by atoms with van der Waals surface area (Å²) in [6.45, 7) is 3.93. The first kappa shape index (κ1) is 22.9. The highest BCUT2D eigenvalue weighted by Gasteiger charge is 2.52. The molecule has 2 aromatic carbocycles. The first-order valence-electron chi connectivity index (χ1n) is 12.4. The quantitative estimate of drug-likeness (QED) is 0.558. The molecule has 2 aromatic rings. The predicted molar refractivity (Wildman–Crippen MR) is 130 cm³/mol. The number of carboxylic acids is 1. The van der Waals surface area contributed by atoms with Gasteiger partial charge in [-0.3, -0.25) is 4.79 Å². The SMILES string of the molecule is N#Cc1cccc(OCC2(CN[C@@H]3C[C@H]3c3ccccc3)CCN(CC3(C(=O)O)CC3)CC2)c1. The summed E-state index contributed by atoms with van der Waals surface area (Å²) < 4.78 is 6.24. The molecule has 6 nitrogen and oxygen atoms in total. The van der Waals surface area contributed by atoms with Crippen LogP contribution in [0.25, 0.3) is 0 Å². The lowest BCUT2D eigenvalue weighted by Crippen LogP contribution is -2.50. The van der Waals surface area contributed by atoms with Crippen LogP contribution in [0.15, 0.2) is 54.6 Å². The maximum Gasteiger partial charge on any atom is 0.310 e. The Balaban J connectivity index is 1.22. The van der Waals surface area contributed by atoms with Crippen molar-refractivity contribution in [2.45, 2.75) is 44.1 Å². The molecule has 2 saturated carbocycles. The zero-order valence-corrected chi connectivity index (χ0v) is 19.6. The molecule has 0 radical (unpaired) electrons. The van der Waals surface area contributed by atoms with Crippen LogP contribution in [0.4, 0.5) is 0 Å². The zero-order valence-electron chi connectivity index (χ0n) is 19.6. The monoisotopic (exact) mass is 459 g/mol. The third-order valence-corrected chi connectivity index (χ3v) is 8.02. The predicted octanol–water partition coefficient (Wildman–Crippen LogP) is 4.03. The summed E-state index contributed by atoms with van der Waals surface area (Å²) in [4.78, 5) is 14.0. The van der Waals surface area contributed by atoms with E-state index in [2.05, 4.69) is 46.6 Å². The number of hydrogen-bond acceptors (Lipinski definition) is 5. The van der Waals surface area contributed by atoms with Gasteiger partial charge in [-0.2, -0.15) is 5.26 Å². The lowest BCUT2D eigenvalue weighted by Gasteiger charge is -2.42. The van der Waals surface area contributed by atoms with E-state index in [0.29, 0.717) is 30.7 Å². The van der Waals surface area contributed by atoms with Gasteiger partial charge in [0.15, 0.2) is 0 Å². The number of nitriles is 1. The van der Waals surface area contributed by atoms with Gasteiger partial charge in [0.05, 0.1) is 23.7 Å². The standard InChI is InChI=1S/C28H33N3O3/c29-17-21-5-4-8-23(15-21)34-20-27(18-30-25-16-24(25)22-6-2-1-3-7-22)11-13-31(14-12-27)19-28(9-10-28)26(32)33/h1-8,15,24-25,30H,9-14,16,18-20H2,(H,32,33)/t24-,25+/m0/s1. The number of benzene rings is 2. The number of piperidine rings is 1. The molecule has 34 heavy (non-hydrogen) atoms. The molecule has 5 rings (SSSR count). The molecular formula is C28H33N3O3. The number of nitrogens with one attached hydrogen (secondary N) is 1. The molecule has 178 valence electrons. The molecular weight excluding hydrogens is 426 g/mol. The molecule has 3 fully saturated rings. The molecule has 0 bridgehead atoms. The van der Waals surface area contributed by atoms with Crippen molar-refractivity contribution in [1.29, 1.82) is 5.26 Å². The van der Waals surface area contributed by atoms with Crippen LogP contribution in [0.1, 0.15) is 49.1 Å². The van der Waals surface area contributed by atoms with E-state index < -0.39 is 11.4 Å². The summed E-state index contributed by atoms with van der Waals surface area (Å²) in [5, 5.41) is 22.6. The second-order valence-electron chi connectivity index (χ2n) is 10.5. The van der Waals surface area contributed by atoms with E-state index in [1.165, 1.54) is 12.0 Å². The Morgan fingerprint density at radius 1 is 1.12 bits per heavy atom. The van der Waals surface area contributed by atoms with E-state index in [4.69, 9.17) is 4.74 Å². The first-order chi connectivity index (χ1) is 16.5. The van der Waals surface area contributed by atoms with Crippen molar-refractivity contribution >= 4 is 5.97 Å². The van der Waals surface area contributed by atoms with Gasteiger partial charge in [-0.05, 0) is 69.0 Å². The topological polar surface area (TPSA) is 85.6 Å². The van der Waals surface area contributed by atoms with Crippen LogP contribution in [0.5, 0.6) is 5.75 Å². The van der Waals surface area contributed by atoms with Gasteiger partial charge in [0, 0.05) is 30.5 Å². The smallest absolute Gasteiger partial charge is 0.310 e. The lowest BCUT2D eigenvalue weighted by molar-refractivity contribution is -0.144. The van der Waals surface area contributed by atoms with Gasteiger partial charge in [0.2, 0.25) is 0 Å². The third kappa shape index (κ3) is 5.11. The van der Waals surface area contributed by atoms with Crippen LogP contribution in [-0.4, -0.2) is 54.8 Å². The second-order valence-corrected chi connectivity index (χ2v) is 10.5. The number of rotatable bonds is 10. The number of nitrogens with zero attached hydrogens (tertiary/aromatic N) is 2. The Morgan fingerprint density at radius 3 is 2.56 bits per heavy atom. The van der Waals surface area contributed by atoms with Crippen molar-refractivity contribution in [1.82, 2.24) is 10.2 Å². The van der Waals surface area contributed by atoms with Crippen molar-refractivity contribution in [3.05, 3.63) is 65.7 Å². The number of hydrogen-bond donors (Lipinski definition) is 2. The van der Waals surface area contributed by atoms with Crippen LogP contribution in [0.2, 0.25) is 0 Å². The van der Waals surface area contributed by atoms with Gasteiger partial charge >= 0.3 is 5.97 Å². The summed E-state index contributed by atoms with van der Waals surface area (Å²) in [5.41, 5.74) is 1.48. The third-order valence-electron chi connectivity index (χ3n) is 8.02. The largest absolute Gasteiger partial charge is 0.493 e. The maximum atomic E-state index is 11.6. The average molecular weight is 460 g/mol. The van der Waals surface area contributed by atoms with Crippen molar-refractivity contribution in [2.24, 2.45) is 10.8 Å². The number of carbonyl (C=O) groups is 1. The number of carboxylic acid groups (broad SMARTS) is 1. The van der Waals surface area contributed by atoms with E-state index >= 15 is 0 Å². The maximum absolute atomic E-state index is 11.6. The molecule has 3 aliphatic rings. The molecule has 0 spiro atoms. The van der Waals surface area contributed by atoms with E-state index in [-0.39, 0.29) is 5.41 Å². The molecule has 1 heterocycles. The van der Waals surface area contributed by atoms with Crippen LogP contribution >= 0.6 is 0 Å². The first-order valence-corrected chi connectivity index (χ1v) is 12.4. The van der Waals surface area contributed by atoms with Crippen LogP contribution in [0, 0.1) is 22.2 Å². The minimum absolute atomic E-state index is 0.0110. The van der Waals surface area contributed by atoms with E-state index in [1.54, 1.807) is 12.1 Å². The van der Waals surface area contributed by atoms with Gasteiger partial charge in [0.25, 0.3) is 0 Å². The lowest BCUT2D eigenvalue weighted by atomic mass is 9.78. The molecule has 6 heteroatoms. The second kappa shape index (κ2) is 9.40. The summed E-state index contributed by atoms with van der Waals surface area (Å²) in [5.74, 6) is 0.668. The number of aliphatic carboxylic acids is 1. The fraction of sp³-hybridized carbons (Fsp3) is 0.500. The number of likely N-dealkylation sites (tertiary alicyclic amines) is 1. The summed E-state index contributed by atoms with van der Waals surface area (Å²) in [6, 6.07) is 20.7. The minimum Gasteiger partial charge on any atom is -0.493 e. The van der Waals surface area contributed by atoms with Crippen molar-refractivity contribution < 1.29 is 14.6 Å². The molecule has 0 amide bonds. The Morgan fingerprint density at radius 2 is 1.88 bits per heavy atom. The van der Waals surface area contributed by atoms with Crippen molar-refractivity contribution in [2.75, 3.05) is 32.8 Å². The Kier molecular flexibility index (Phi) is 6.33. The van der Waals surface area contributed by atoms with Crippen LogP contribution in [-0.2, 0) is 4.79 Å². The Bertz CT molecular complexity index is 1050. The summed E-state index contributed by atoms with van der Waals surface area (Å²) in [6.07, 6.45) is 4.70. The highest BCUT2D eigenvalue weighted by molar-refractivity contribution is 5.78. The summed E-state index contributed by atoms with van der Waals surface area (Å²) in [7, 11) is 0. The summed E-state index contributed by atoms with van der Waals surface area (Å²) >= 11 is 0. The van der Waals surface area contributed by atoms with E-state index in [1.807, 2.05) is 12.1 Å². The fourth-order valence-electron chi connectivity index (χ4n) is 5.30. The zero-order chi connectivity index (χ0) is 23.6. The molecule has 2 N–H and O–H groups in total. The molecule has 2 atom stereocenters. The highest BCUT2D eigenvalue weighted by Crippen LogP contribution is 2.47. The molecule has 0 aromatic heterocycles. The van der Waals surface area contributed by atoms with E-state index in [9.17, 15) is 15.2 Å². The van der Waals surface area contributed by atoms with Crippen molar-refractivity contribution in [3.8, 4) is 11.8 Å². The van der Waals surface area contributed by atoms with Crippen molar-refractivity contribution in [3.63, 3.8) is 0 Å². The van der Waals surface area contributed by atoms with Gasteiger partial charge < -0.3 is 20.1 Å². The normalized spacial score (nSPS) is 24.7. The Hall–Kier alpha value is -2.88. The molecule has 1 aliphatic heterocycles. The van der Waals surface area contributed by atoms with Crippen LogP contribution in [0.3, 0.4) is 0 Å². The van der Waals surface area contributed by atoms with E-state index in [0.717, 1.165) is 51.1 Å². The molecule has 2 aliphatic carbocycles. The van der Waals surface area contributed by atoms with Gasteiger partial charge in [0.1, 0.15) is 5.75 Å². The number of ether oxygens (including phenoxy) is 1. The van der Waals surface area contributed by atoms with Gasteiger partial charge in [-0.25, -0.2) is 0 Å². The average Bonchev–Trinajstić information content (AvgIpc) is 3.80. The highest BCUT2D eigenvalue weighted by atomic mass is 16.5. The minimum atomic E-state index is -0.646. The molecule has 1 saturated heterocycles.